The monoisotopic (exact) mass is 185 g/mol. The van der Waals surface area contributed by atoms with E-state index in [1.807, 2.05) is 0 Å². The zero-order valence-electron chi connectivity index (χ0n) is 8.67. The molecule has 3 heteroatoms. The third-order valence-corrected chi connectivity index (χ3v) is 3.07. The van der Waals surface area contributed by atoms with Crippen LogP contribution < -0.4 is 5.32 Å². The molecule has 0 aromatic carbocycles. The molecule has 1 rings (SSSR count). The maximum Gasteiger partial charge on any atom is 0.309 e. The number of hydrogen-bond acceptors (Lipinski definition) is 3. The summed E-state index contributed by atoms with van der Waals surface area (Å²) >= 11 is 0. The summed E-state index contributed by atoms with van der Waals surface area (Å²) in [7, 11) is 1.47. The van der Waals surface area contributed by atoms with E-state index in [9.17, 15) is 4.79 Å². The van der Waals surface area contributed by atoms with E-state index in [0.29, 0.717) is 12.0 Å². The molecule has 1 N–H and O–H groups in total. The number of carbonyl (C=O) groups excluding carboxylic acids is 1. The molecule has 1 aliphatic rings. The van der Waals surface area contributed by atoms with E-state index < -0.39 is 0 Å². The van der Waals surface area contributed by atoms with Gasteiger partial charge in [-0.15, -0.1) is 0 Å². The number of hydrogen-bond donors (Lipinski definition) is 1. The molecule has 3 unspecified atom stereocenters. The van der Waals surface area contributed by atoms with Crippen LogP contribution in [0.1, 0.15) is 26.7 Å². The summed E-state index contributed by atoms with van der Waals surface area (Å²) in [5.41, 5.74) is 0. The Balaban J connectivity index is 2.59. The topological polar surface area (TPSA) is 38.3 Å². The smallest absolute Gasteiger partial charge is 0.309 e. The highest BCUT2D eigenvalue weighted by atomic mass is 16.5. The van der Waals surface area contributed by atoms with Gasteiger partial charge in [-0.2, -0.15) is 0 Å². The lowest BCUT2D eigenvalue weighted by atomic mass is 9.81. The Hall–Kier alpha value is -0.570. The van der Waals surface area contributed by atoms with Crippen molar-refractivity contribution in [2.24, 2.45) is 11.8 Å². The lowest BCUT2D eigenvalue weighted by Crippen LogP contribution is -2.47. The molecule has 3 atom stereocenters. The van der Waals surface area contributed by atoms with Crippen LogP contribution in [0.3, 0.4) is 0 Å². The molecule has 0 aromatic heterocycles. The summed E-state index contributed by atoms with van der Waals surface area (Å²) in [4.78, 5) is 11.4. The van der Waals surface area contributed by atoms with E-state index in [1.54, 1.807) is 0 Å². The number of piperidine rings is 1. The Morgan fingerprint density at radius 1 is 1.62 bits per heavy atom. The third kappa shape index (κ3) is 2.21. The van der Waals surface area contributed by atoms with Crippen molar-refractivity contribution in [3.63, 3.8) is 0 Å². The lowest BCUT2D eigenvalue weighted by Gasteiger charge is -2.34. The zero-order chi connectivity index (χ0) is 9.84. The molecule has 1 aliphatic heterocycles. The zero-order valence-corrected chi connectivity index (χ0v) is 8.67. The summed E-state index contributed by atoms with van der Waals surface area (Å²) in [6.45, 7) is 5.21. The van der Waals surface area contributed by atoms with Crippen molar-refractivity contribution in [1.82, 2.24) is 5.32 Å². The Morgan fingerprint density at radius 2 is 2.31 bits per heavy atom. The molecular formula is C10H19NO2. The van der Waals surface area contributed by atoms with Gasteiger partial charge in [0.05, 0.1) is 13.0 Å². The number of carbonyl (C=O) groups is 1. The standard InChI is InChI=1S/C10H19NO2/c1-4-9-7(2)8(5-6-11-9)10(12)13-3/h7-9,11H,4-6H2,1-3H3. The molecule has 3 nitrogen and oxygen atoms in total. The predicted molar refractivity (Wildman–Crippen MR) is 51.4 cm³/mol. The van der Waals surface area contributed by atoms with Crippen LogP contribution in [0.2, 0.25) is 0 Å². The van der Waals surface area contributed by atoms with Crippen molar-refractivity contribution in [3.8, 4) is 0 Å². The average Bonchev–Trinajstić information content (AvgIpc) is 2.17. The summed E-state index contributed by atoms with van der Waals surface area (Å²) in [6.07, 6.45) is 1.99. The van der Waals surface area contributed by atoms with E-state index in [-0.39, 0.29) is 11.9 Å². The molecular weight excluding hydrogens is 166 g/mol. The number of rotatable bonds is 2. The quantitative estimate of drug-likeness (QED) is 0.657. The first-order valence-corrected chi connectivity index (χ1v) is 5.02. The number of nitrogens with one attached hydrogen (secondary N) is 1. The van der Waals surface area contributed by atoms with Gasteiger partial charge in [0.15, 0.2) is 0 Å². The Morgan fingerprint density at radius 3 is 2.85 bits per heavy atom. The van der Waals surface area contributed by atoms with Gasteiger partial charge in [-0.25, -0.2) is 0 Å². The highest BCUT2D eigenvalue weighted by Gasteiger charge is 2.33. The molecule has 0 aliphatic carbocycles. The van der Waals surface area contributed by atoms with Gasteiger partial charge in [-0.05, 0) is 25.3 Å². The van der Waals surface area contributed by atoms with E-state index >= 15 is 0 Å². The largest absolute Gasteiger partial charge is 0.469 e. The minimum absolute atomic E-state index is 0.0487. The van der Waals surface area contributed by atoms with Gasteiger partial charge in [0.1, 0.15) is 0 Å². The summed E-state index contributed by atoms with van der Waals surface area (Å²) in [5.74, 6) is 0.440. The molecule has 76 valence electrons. The predicted octanol–water partition coefficient (Wildman–Crippen LogP) is 1.18. The van der Waals surface area contributed by atoms with Gasteiger partial charge in [-0.3, -0.25) is 4.79 Å². The number of esters is 1. The van der Waals surface area contributed by atoms with Crippen LogP contribution in [0.5, 0.6) is 0 Å². The van der Waals surface area contributed by atoms with Gasteiger partial charge in [0.2, 0.25) is 0 Å². The maximum absolute atomic E-state index is 11.4. The maximum atomic E-state index is 11.4. The van der Waals surface area contributed by atoms with Gasteiger partial charge >= 0.3 is 5.97 Å². The van der Waals surface area contributed by atoms with Crippen LogP contribution in [-0.4, -0.2) is 25.7 Å². The van der Waals surface area contributed by atoms with Crippen molar-refractivity contribution < 1.29 is 9.53 Å². The molecule has 1 fully saturated rings. The molecule has 13 heavy (non-hydrogen) atoms. The van der Waals surface area contributed by atoms with Gasteiger partial charge in [0, 0.05) is 6.04 Å². The fourth-order valence-corrected chi connectivity index (χ4v) is 2.15. The minimum atomic E-state index is -0.0487. The Labute approximate surface area is 79.8 Å². The van der Waals surface area contributed by atoms with Crippen molar-refractivity contribution >= 4 is 5.97 Å². The highest BCUT2D eigenvalue weighted by Crippen LogP contribution is 2.25. The van der Waals surface area contributed by atoms with E-state index in [0.717, 1.165) is 19.4 Å². The highest BCUT2D eigenvalue weighted by molar-refractivity contribution is 5.72. The second-order valence-corrected chi connectivity index (χ2v) is 3.75. The third-order valence-electron chi connectivity index (χ3n) is 3.07. The van der Waals surface area contributed by atoms with E-state index in [2.05, 4.69) is 19.2 Å². The van der Waals surface area contributed by atoms with Crippen molar-refractivity contribution in [2.75, 3.05) is 13.7 Å². The number of methoxy groups -OCH3 is 1. The van der Waals surface area contributed by atoms with Crippen LogP contribution in [0, 0.1) is 11.8 Å². The van der Waals surface area contributed by atoms with Crippen LogP contribution in [0.25, 0.3) is 0 Å². The van der Waals surface area contributed by atoms with Gasteiger partial charge in [-0.1, -0.05) is 13.8 Å². The molecule has 1 heterocycles. The van der Waals surface area contributed by atoms with Gasteiger partial charge < -0.3 is 10.1 Å². The van der Waals surface area contributed by atoms with Crippen LogP contribution >= 0.6 is 0 Å². The SMILES string of the molecule is CCC1NCCC(C(=O)OC)C1C. The van der Waals surface area contributed by atoms with Crippen LogP contribution in [-0.2, 0) is 9.53 Å². The van der Waals surface area contributed by atoms with Crippen LogP contribution in [0.15, 0.2) is 0 Å². The van der Waals surface area contributed by atoms with Crippen molar-refractivity contribution in [2.45, 2.75) is 32.7 Å². The van der Waals surface area contributed by atoms with E-state index in [4.69, 9.17) is 4.74 Å². The molecule has 0 spiro atoms. The Kier molecular flexibility index (Phi) is 3.72. The second kappa shape index (κ2) is 4.61. The van der Waals surface area contributed by atoms with Crippen molar-refractivity contribution in [1.29, 1.82) is 0 Å². The lowest BCUT2D eigenvalue weighted by molar-refractivity contribution is -0.148. The summed E-state index contributed by atoms with van der Waals surface area (Å²) in [6, 6.07) is 0.470. The van der Waals surface area contributed by atoms with E-state index in [1.165, 1.54) is 7.11 Å². The number of ether oxygens (including phenoxy) is 1. The fraction of sp³-hybridized carbons (Fsp3) is 0.900. The molecule has 0 saturated carbocycles. The molecule has 0 radical (unpaired) electrons. The Bertz CT molecular complexity index is 182. The molecule has 0 bridgehead atoms. The van der Waals surface area contributed by atoms with Crippen LogP contribution in [0.4, 0.5) is 0 Å². The normalized spacial score (nSPS) is 34.2. The second-order valence-electron chi connectivity index (χ2n) is 3.75. The van der Waals surface area contributed by atoms with Gasteiger partial charge in [0.25, 0.3) is 0 Å². The molecule has 0 aromatic rings. The fourth-order valence-electron chi connectivity index (χ4n) is 2.15. The molecule has 0 amide bonds. The minimum Gasteiger partial charge on any atom is -0.469 e. The first-order valence-electron chi connectivity index (χ1n) is 5.02. The average molecular weight is 185 g/mol. The first kappa shape index (κ1) is 10.5. The summed E-state index contributed by atoms with van der Waals surface area (Å²) in [5, 5.41) is 3.42. The summed E-state index contributed by atoms with van der Waals surface area (Å²) < 4.78 is 4.79. The van der Waals surface area contributed by atoms with Crippen molar-refractivity contribution in [3.05, 3.63) is 0 Å². The first-order chi connectivity index (χ1) is 6.20. The molecule has 1 saturated heterocycles.